The van der Waals surface area contributed by atoms with Crippen molar-refractivity contribution in [3.8, 4) is 0 Å². The van der Waals surface area contributed by atoms with Gasteiger partial charge in [-0.3, -0.25) is 14.4 Å². The van der Waals surface area contributed by atoms with E-state index in [1.54, 1.807) is 31.2 Å². The molecule has 0 aromatic heterocycles. The fraction of sp³-hybridized carbons (Fsp3) is 0.550. The summed E-state index contributed by atoms with van der Waals surface area (Å²) in [6.45, 7) is 8.39. The number of benzene rings is 1. The van der Waals surface area contributed by atoms with Crippen LogP contribution in [-0.4, -0.2) is 41.8 Å². The number of carbonyl (C=O) groups is 3. The number of hydrogen-bond acceptors (Lipinski definition) is 4. The third-order valence-electron chi connectivity index (χ3n) is 4.48. The van der Waals surface area contributed by atoms with Gasteiger partial charge in [0.25, 0.3) is 0 Å². The molecule has 0 N–H and O–H groups in total. The van der Waals surface area contributed by atoms with E-state index >= 15 is 0 Å². The molecule has 0 saturated carbocycles. The average Bonchev–Trinajstić information content (AvgIpc) is 2.60. The molecule has 136 valence electrons. The fourth-order valence-corrected chi connectivity index (χ4v) is 2.95. The largest absolute Gasteiger partial charge is 0.454 e. The number of Topliss-reactive ketones (excluding diaryl/α,β-unsaturated/α-hetero) is 1. The average molecular weight is 345 g/mol. The highest BCUT2D eigenvalue weighted by Gasteiger charge is 2.33. The number of rotatable bonds is 4. The van der Waals surface area contributed by atoms with E-state index in [-0.39, 0.29) is 23.6 Å². The maximum Gasteiger partial charge on any atom is 0.309 e. The van der Waals surface area contributed by atoms with Crippen LogP contribution in [0, 0.1) is 11.3 Å². The number of carbonyl (C=O) groups excluding carboxylic acids is 3. The number of esters is 1. The molecule has 1 fully saturated rings. The summed E-state index contributed by atoms with van der Waals surface area (Å²) in [4.78, 5) is 38.7. The van der Waals surface area contributed by atoms with Gasteiger partial charge in [0.1, 0.15) is 0 Å². The Labute approximate surface area is 149 Å². The molecule has 1 aliphatic rings. The predicted molar refractivity (Wildman–Crippen MR) is 95.1 cm³/mol. The van der Waals surface area contributed by atoms with Gasteiger partial charge in [0.15, 0.2) is 6.10 Å². The van der Waals surface area contributed by atoms with E-state index in [4.69, 9.17) is 4.74 Å². The van der Waals surface area contributed by atoms with Crippen molar-refractivity contribution in [3.63, 3.8) is 0 Å². The maximum absolute atomic E-state index is 12.3. The van der Waals surface area contributed by atoms with E-state index < -0.39 is 11.5 Å². The number of likely N-dealkylation sites (tertiary alicyclic amines) is 1. The molecule has 1 amide bonds. The van der Waals surface area contributed by atoms with Crippen molar-refractivity contribution >= 4 is 17.7 Å². The van der Waals surface area contributed by atoms with Gasteiger partial charge in [0.2, 0.25) is 11.7 Å². The first kappa shape index (κ1) is 19.2. The van der Waals surface area contributed by atoms with E-state index in [9.17, 15) is 14.4 Å². The molecule has 1 atom stereocenters. The molecule has 2 rings (SSSR count). The number of piperidine rings is 1. The van der Waals surface area contributed by atoms with Gasteiger partial charge in [-0.05, 0) is 19.8 Å². The topological polar surface area (TPSA) is 63.7 Å². The van der Waals surface area contributed by atoms with Crippen LogP contribution in [0.5, 0.6) is 0 Å². The lowest BCUT2D eigenvalue weighted by Crippen LogP contribution is -2.45. The van der Waals surface area contributed by atoms with Gasteiger partial charge in [-0.2, -0.15) is 0 Å². The zero-order valence-corrected chi connectivity index (χ0v) is 15.5. The monoisotopic (exact) mass is 345 g/mol. The minimum Gasteiger partial charge on any atom is -0.454 e. The Hall–Kier alpha value is -2.17. The molecule has 1 saturated heterocycles. The Morgan fingerprint density at radius 1 is 1.08 bits per heavy atom. The summed E-state index contributed by atoms with van der Waals surface area (Å²) in [6.07, 6.45) is 0.351. The van der Waals surface area contributed by atoms with Crippen molar-refractivity contribution in [2.24, 2.45) is 11.3 Å². The molecular weight excluding hydrogens is 318 g/mol. The molecule has 0 bridgehead atoms. The van der Waals surface area contributed by atoms with E-state index in [2.05, 4.69) is 0 Å². The lowest BCUT2D eigenvalue weighted by Gasteiger charge is -2.35. The first-order chi connectivity index (χ1) is 11.7. The van der Waals surface area contributed by atoms with Gasteiger partial charge in [-0.1, -0.05) is 51.1 Å². The van der Waals surface area contributed by atoms with E-state index in [1.807, 2.05) is 31.7 Å². The van der Waals surface area contributed by atoms with Gasteiger partial charge in [0, 0.05) is 24.1 Å². The van der Waals surface area contributed by atoms with Crippen LogP contribution in [0.25, 0.3) is 0 Å². The van der Waals surface area contributed by atoms with Crippen molar-refractivity contribution in [3.05, 3.63) is 35.9 Å². The summed E-state index contributed by atoms with van der Waals surface area (Å²) < 4.78 is 5.38. The van der Waals surface area contributed by atoms with E-state index in [0.29, 0.717) is 31.5 Å². The van der Waals surface area contributed by atoms with Crippen molar-refractivity contribution in [2.45, 2.75) is 46.6 Å². The fourth-order valence-electron chi connectivity index (χ4n) is 2.95. The molecule has 25 heavy (non-hydrogen) atoms. The summed E-state index contributed by atoms with van der Waals surface area (Å²) in [5.74, 6) is -0.698. The SMILES string of the molecule is CC(OC(=O)C1CCN(C(=O)C(C)(C)C)CC1)C(=O)c1ccccc1. The Kier molecular flexibility index (Phi) is 5.98. The lowest BCUT2D eigenvalue weighted by molar-refractivity contribution is -0.155. The van der Waals surface area contributed by atoms with E-state index in [1.165, 1.54) is 0 Å². The Morgan fingerprint density at radius 3 is 2.16 bits per heavy atom. The molecule has 0 spiro atoms. The summed E-state index contributed by atoms with van der Waals surface area (Å²) in [5, 5.41) is 0. The smallest absolute Gasteiger partial charge is 0.309 e. The molecule has 5 nitrogen and oxygen atoms in total. The molecule has 1 heterocycles. The minimum absolute atomic E-state index is 0.104. The normalized spacial score (nSPS) is 17.0. The van der Waals surface area contributed by atoms with Gasteiger partial charge in [-0.15, -0.1) is 0 Å². The second kappa shape index (κ2) is 7.81. The van der Waals surface area contributed by atoms with Crippen LogP contribution < -0.4 is 0 Å². The summed E-state index contributed by atoms with van der Waals surface area (Å²) >= 11 is 0. The van der Waals surface area contributed by atoms with Crippen LogP contribution in [0.2, 0.25) is 0 Å². The molecule has 1 aromatic rings. The number of hydrogen-bond donors (Lipinski definition) is 0. The quantitative estimate of drug-likeness (QED) is 0.621. The third-order valence-corrected chi connectivity index (χ3v) is 4.48. The number of ether oxygens (including phenoxy) is 1. The highest BCUT2D eigenvalue weighted by Crippen LogP contribution is 2.24. The van der Waals surface area contributed by atoms with Crippen LogP contribution in [0.3, 0.4) is 0 Å². The zero-order chi connectivity index (χ0) is 18.6. The molecule has 0 aliphatic carbocycles. The standard InChI is InChI=1S/C20H27NO4/c1-14(17(22)15-8-6-5-7-9-15)25-18(23)16-10-12-21(13-11-16)19(24)20(2,3)4/h5-9,14,16H,10-13H2,1-4H3. The maximum atomic E-state index is 12.3. The van der Waals surface area contributed by atoms with Gasteiger partial charge in [0.05, 0.1) is 5.92 Å². The van der Waals surface area contributed by atoms with Crippen molar-refractivity contribution in [1.29, 1.82) is 0 Å². The van der Waals surface area contributed by atoms with Crippen LogP contribution in [0.4, 0.5) is 0 Å². The van der Waals surface area contributed by atoms with Crippen molar-refractivity contribution in [1.82, 2.24) is 4.90 Å². The van der Waals surface area contributed by atoms with E-state index in [0.717, 1.165) is 0 Å². The Bertz CT molecular complexity index is 625. The lowest BCUT2D eigenvalue weighted by atomic mass is 9.91. The predicted octanol–water partition coefficient (Wildman–Crippen LogP) is 3.09. The first-order valence-corrected chi connectivity index (χ1v) is 8.79. The van der Waals surface area contributed by atoms with Crippen LogP contribution in [-0.2, 0) is 14.3 Å². The van der Waals surface area contributed by atoms with Crippen molar-refractivity contribution < 1.29 is 19.1 Å². The van der Waals surface area contributed by atoms with Gasteiger partial charge < -0.3 is 9.64 Å². The summed E-state index contributed by atoms with van der Waals surface area (Å²) in [6, 6.07) is 8.82. The molecule has 1 unspecified atom stereocenters. The third kappa shape index (κ3) is 4.91. The Morgan fingerprint density at radius 2 is 1.64 bits per heavy atom. The zero-order valence-electron chi connectivity index (χ0n) is 15.5. The highest BCUT2D eigenvalue weighted by molar-refractivity contribution is 6.00. The minimum atomic E-state index is -0.802. The summed E-state index contributed by atoms with van der Waals surface area (Å²) in [7, 11) is 0. The molecule has 5 heteroatoms. The van der Waals surface area contributed by atoms with Crippen LogP contribution in [0.1, 0.15) is 50.9 Å². The molecule has 1 aromatic carbocycles. The van der Waals surface area contributed by atoms with Gasteiger partial charge in [-0.25, -0.2) is 0 Å². The number of ketones is 1. The molecule has 0 radical (unpaired) electrons. The molecule has 1 aliphatic heterocycles. The van der Waals surface area contributed by atoms with Crippen LogP contribution >= 0.6 is 0 Å². The second-order valence-electron chi connectivity index (χ2n) is 7.63. The van der Waals surface area contributed by atoms with Gasteiger partial charge >= 0.3 is 5.97 Å². The number of amides is 1. The highest BCUT2D eigenvalue weighted by atomic mass is 16.5. The molecular formula is C20H27NO4. The van der Waals surface area contributed by atoms with Crippen LogP contribution in [0.15, 0.2) is 30.3 Å². The van der Waals surface area contributed by atoms with Crippen molar-refractivity contribution in [2.75, 3.05) is 13.1 Å². The Balaban J connectivity index is 1.86. The number of nitrogens with zero attached hydrogens (tertiary/aromatic N) is 1. The summed E-state index contributed by atoms with van der Waals surface area (Å²) in [5.41, 5.74) is 0.123. The first-order valence-electron chi connectivity index (χ1n) is 8.79. The second-order valence-corrected chi connectivity index (χ2v) is 7.63.